The van der Waals surface area contributed by atoms with Crippen molar-refractivity contribution in [3.63, 3.8) is 0 Å². The second kappa shape index (κ2) is 7.98. The fourth-order valence-electron chi connectivity index (χ4n) is 2.01. The monoisotopic (exact) mass is 281 g/mol. The van der Waals surface area contributed by atoms with Gasteiger partial charge < -0.3 is 15.2 Å². The summed E-state index contributed by atoms with van der Waals surface area (Å²) in [5.41, 5.74) is 7.64. The van der Waals surface area contributed by atoms with Gasteiger partial charge in [-0.05, 0) is 36.7 Å². The minimum absolute atomic E-state index is 0.312. The Morgan fingerprint density at radius 3 is 2.57 bits per heavy atom. The van der Waals surface area contributed by atoms with Gasteiger partial charge in [-0.25, -0.2) is 0 Å². The lowest BCUT2D eigenvalue weighted by molar-refractivity contribution is 0.327. The second-order valence-electron chi connectivity index (χ2n) is 4.44. The molecule has 0 aliphatic rings. The number of rotatable bonds is 5. The van der Waals surface area contributed by atoms with Gasteiger partial charge in [-0.15, -0.1) is 0 Å². The Morgan fingerprint density at radius 2 is 1.86 bits per heavy atom. The van der Waals surface area contributed by atoms with Crippen molar-refractivity contribution in [2.75, 3.05) is 20.3 Å². The van der Waals surface area contributed by atoms with Gasteiger partial charge in [0.05, 0.1) is 7.11 Å². The lowest BCUT2D eigenvalue weighted by Crippen LogP contribution is -2.06. The second-order valence-corrected chi connectivity index (χ2v) is 4.44. The maximum Gasteiger partial charge on any atom is 0.165 e. The van der Waals surface area contributed by atoms with Gasteiger partial charge in [-0.3, -0.25) is 0 Å². The van der Waals surface area contributed by atoms with Crippen LogP contribution in [-0.4, -0.2) is 20.3 Å². The van der Waals surface area contributed by atoms with Crippen LogP contribution in [0.1, 0.15) is 11.1 Å². The van der Waals surface area contributed by atoms with E-state index < -0.39 is 0 Å². The zero-order valence-corrected chi connectivity index (χ0v) is 12.1. The standard InChI is InChI=1S/C18H19NO2/c1-20-17-11-5-10-16(12-13-19)18(17)21-14-6-9-15-7-3-2-4-8-15/h2-5,7-8,10-11H,12-14,19H2,1H3. The third kappa shape index (κ3) is 4.27. The van der Waals surface area contributed by atoms with Crippen LogP contribution in [0.5, 0.6) is 11.5 Å². The molecular weight excluding hydrogens is 262 g/mol. The fourth-order valence-corrected chi connectivity index (χ4v) is 2.01. The predicted molar refractivity (Wildman–Crippen MR) is 84.6 cm³/mol. The predicted octanol–water partition coefficient (Wildman–Crippen LogP) is 2.63. The minimum atomic E-state index is 0.312. The summed E-state index contributed by atoms with van der Waals surface area (Å²) in [6.07, 6.45) is 0.749. The molecule has 0 fully saturated rings. The van der Waals surface area contributed by atoms with Gasteiger partial charge in [-0.1, -0.05) is 42.2 Å². The first-order valence-electron chi connectivity index (χ1n) is 6.88. The van der Waals surface area contributed by atoms with Crippen LogP contribution in [0.2, 0.25) is 0 Å². The lowest BCUT2D eigenvalue weighted by atomic mass is 10.1. The fraction of sp³-hybridized carbons (Fsp3) is 0.222. The number of ether oxygens (including phenoxy) is 2. The SMILES string of the molecule is COc1cccc(CCN)c1OCC#Cc1ccccc1. The molecular formula is C18H19NO2. The van der Waals surface area contributed by atoms with Crippen LogP contribution in [0.3, 0.4) is 0 Å². The van der Waals surface area contributed by atoms with Crippen molar-refractivity contribution in [2.24, 2.45) is 5.73 Å². The van der Waals surface area contributed by atoms with E-state index >= 15 is 0 Å². The molecule has 0 amide bonds. The highest BCUT2D eigenvalue weighted by Crippen LogP contribution is 2.31. The molecule has 2 rings (SSSR count). The minimum Gasteiger partial charge on any atom is -0.493 e. The van der Waals surface area contributed by atoms with E-state index in [0.717, 1.165) is 23.3 Å². The van der Waals surface area contributed by atoms with Crippen LogP contribution in [0.4, 0.5) is 0 Å². The van der Waals surface area contributed by atoms with Gasteiger partial charge in [0.15, 0.2) is 11.5 Å². The van der Waals surface area contributed by atoms with Gasteiger partial charge in [0, 0.05) is 5.56 Å². The smallest absolute Gasteiger partial charge is 0.165 e. The number of para-hydroxylation sites is 1. The third-order valence-electron chi connectivity index (χ3n) is 2.99. The average molecular weight is 281 g/mol. The van der Waals surface area contributed by atoms with E-state index in [4.69, 9.17) is 15.2 Å². The molecule has 108 valence electrons. The molecule has 0 aromatic heterocycles. The first-order chi connectivity index (χ1) is 10.3. The van der Waals surface area contributed by atoms with Crippen molar-refractivity contribution >= 4 is 0 Å². The molecule has 0 atom stereocenters. The van der Waals surface area contributed by atoms with Gasteiger partial charge >= 0.3 is 0 Å². The largest absolute Gasteiger partial charge is 0.493 e. The van der Waals surface area contributed by atoms with E-state index in [9.17, 15) is 0 Å². The maximum atomic E-state index is 5.78. The Balaban J connectivity index is 2.07. The topological polar surface area (TPSA) is 44.5 Å². The van der Waals surface area contributed by atoms with Crippen molar-refractivity contribution in [1.82, 2.24) is 0 Å². The molecule has 3 heteroatoms. The summed E-state index contributed by atoms with van der Waals surface area (Å²) in [6.45, 7) is 0.881. The Morgan fingerprint density at radius 1 is 1.05 bits per heavy atom. The zero-order chi connectivity index (χ0) is 14.9. The quantitative estimate of drug-likeness (QED) is 0.857. The maximum absolute atomic E-state index is 5.78. The number of benzene rings is 2. The summed E-state index contributed by atoms with van der Waals surface area (Å²) in [5.74, 6) is 7.52. The number of hydrogen-bond donors (Lipinski definition) is 1. The number of nitrogens with two attached hydrogens (primary N) is 1. The van der Waals surface area contributed by atoms with Crippen molar-refractivity contribution < 1.29 is 9.47 Å². The van der Waals surface area contributed by atoms with Crippen LogP contribution in [-0.2, 0) is 6.42 Å². The van der Waals surface area contributed by atoms with E-state index in [1.54, 1.807) is 7.11 Å². The highest BCUT2D eigenvalue weighted by molar-refractivity contribution is 5.47. The number of hydrogen-bond acceptors (Lipinski definition) is 3. The first kappa shape index (κ1) is 15.0. The number of methoxy groups -OCH3 is 1. The van der Waals surface area contributed by atoms with Crippen molar-refractivity contribution in [3.8, 4) is 23.3 Å². The molecule has 0 heterocycles. The Kier molecular flexibility index (Phi) is 5.69. The first-order valence-corrected chi connectivity index (χ1v) is 6.88. The van der Waals surface area contributed by atoms with Crippen molar-refractivity contribution in [3.05, 3.63) is 59.7 Å². The zero-order valence-electron chi connectivity index (χ0n) is 12.1. The van der Waals surface area contributed by atoms with Crippen LogP contribution < -0.4 is 15.2 Å². The molecule has 0 unspecified atom stereocenters. The Labute approximate surface area is 125 Å². The summed E-state index contributed by atoms with van der Waals surface area (Å²) in [4.78, 5) is 0. The van der Waals surface area contributed by atoms with E-state index in [0.29, 0.717) is 18.9 Å². The van der Waals surface area contributed by atoms with E-state index in [-0.39, 0.29) is 0 Å². The molecule has 21 heavy (non-hydrogen) atoms. The van der Waals surface area contributed by atoms with Gasteiger partial charge in [0.2, 0.25) is 0 Å². The van der Waals surface area contributed by atoms with Crippen LogP contribution in [0.15, 0.2) is 48.5 Å². The molecule has 0 aliphatic heterocycles. The summed E-state index contributed by atoms with van der Waals surface area (Å²) in [6, 6.07) is 15.6. The molecule has 0 aliphatic carbocycles. The molecule has 2 aromatic carbocycles. The average Bonchev–Trinajstić information content (AvgIpc) is 2.53. The van der Waals surface area contributed by atoms with Gasteiger partial charge in [0.25, 0.3) is 0 Å². The molecule has 0 saturated carbocycles. The molecule has 0 bridgehead atoms. The highest BCUT2D eigenvalue weighted by atomic mass is 16.5. The van der Waals surface area contributed by atoms with Crippen molar-refractivity contribution in [1.29, 1.82) is 0 Å². The van der Waals surface area contributed by atoms with Crippen LogP contribution in [0.25, 0.3) is 0 Å². The molecule has 0 radical (unpaired) electrons. The van der Waals surface area contributed by atoms with E-state index in [1.165, 1.54) is 0 Å². The van der Waals surface area contributed by atoms with Crippen LogP contribution >= 0.6 is 0 Å². The van der Waals surface area contributed by atoms with Crippen LogP contribution in [0, 0.1) is 11.8 Å². The Bertz CT molecular complexity index is 627. The third-order valence-corrected chi connectivity index (χ3v) is 2.99. The summed E-state index contributed by atoms with van der Waals surface area (Å²) >= 11 is 0. The normalized spacial score (nSPS) is 9.62. The Hall–Kier alpha value is -2.44. The van der Waals surface area contributed by atoms with Gasteiger partial charge in [-0.2, -0.15) is 0 Å². The summed E-state index contributed by atoms with van der Waals surface area (Å²) in [5, 5.41) is 0. The molecule has 0 spiro atoms. The van der Waals surface area contributed by atoms with E-state index in [1.807, 2.05) is 48.5 Å². The highest BCUT2D eigenvalue weighted by Gasteiger charge is 2.09. The molecule has 0 saturated heterocycles. The summed E-state index contributed by atoms with van der Waals surface area (Å²) in [7, 11) is 1.63. The summed E-state index contributed by atoms with van der Waals surface area (Å²) < 4.78 is 11.1. The van der Waals surface area contributed by atoms with Crippen molar-refractivity contribution in [2.45, 2.75) is 6.42 Å². The molecule has 2 aromatic rings. The lowest BCUT2D eigenvalue weighted by Gasteiger charge is -2.13. The van der Waals surface area contributed by atoms with E-state index in [2.05, 4.69) is 11.8 Å². The van der Waals surface area contributed by atoms with Gasteiger partial charge in [0.1, 0.15) is 6.61 Å². The molecule has 3 nitrogen and oxygen atoms in total. The molecule has 2 N–H and O–H groups in total.